The summed E-state index contributed by atoms with van der Waals surface area (Å²) >= 11 is 1.71. The molecule has 0 fully saturated rings. The molecule has 0 saturated heterocycles. The number of carbonyl (C=O) groups excluding carboxylic acids is 1. The summed E-state index contributed by atoms with van der Waals surface area (Å²) in [5, 5.41) is 0. The molecule has 1 amide bonds. The molecule has 0 aromatic heterocycles. The maximum Gasteiger partial charge on any atom is 0.253 e. The molecule has 0 aliphatic rings. The summed E-state index contributed by atoms with van der Waals surface area (Å²) < 4.78 is 5.08. The van der Waals surface area contributed by atoms with Gasteiger partial charge in [-0.1, -0.05) is 24.3 Å². The van der Waals surface area contributed by atoms with Gasteiger partial charge in [-0.2, -0.15) is 0 Å². The summed E-state index contributed by atoms with van der Waals surface area (Å²) in [6, 6.07) is 15.9. The van der Waals surface area contributed by atoms with Crippen LogP contribution in [0.3, 0.4) is 0 Å². The molecule has 2 rings (SSSR count). The molecular weight excluding hydrogens is 294 g/mol. The summed E-state index contributed by atoms with van der Waals surface area (Å²) in [6.45, 7) is 1.17. The second kappa shape index (κ2) is 8.01. The van der Waals surface area contributed by atoms with Gasteiger partial charge in [0.15, 0.2) is 0 Å². The maximum absolute atomic E-state index is 12.4. The van der Waals surface area contributed by atoms with Crippen LogP contribution >= 0.6 is 11.8 Å². The van der Waals surface area contributed by atoms with Gasteiger partial charge in [0.2, 0.25) is 0 Å². The first kappa shape index (κ1) is 16.6. The van der Waals surface area contributed by atoms with Crippen LogP contribution in [-0.4, -0.2) is 31.2 Å². The van der Waals surface area contributed by atoms with Crippen LogP contribution in [0.2, 0.25) is 0 Å². The molecule has 0 spiro atoms. The number of hydrogen-bond acceptors (Lipinski definition) is 3. The second-order valence-corrected chi connectivity index (χ2v) is 6.02. The van der Waals surface area contributed by atoms with Crippen molar-refractivity contribution in [2.24, 2.45) is 0 Å². The molecule has 0 aliphatic heterocycles. The third-order valence-electron chi connectivity index (χ3n) is 3.44. The molecule has 116 valence electrons. The van der Waals surface area contributed by atoms with Crippen molar-refractivity contribution in [2.75, 3.05) is 20.4 Å². The van der Waals surface area contributed by atoms with E-state index in [0.717, 1.165) is 11.1 Å². The Bertz CT molecular complexity index is 608. The van der Waals surface area contributed by atoms with E-state index in [1.165, 1.54) is 4.90 Å². The van der Waals surface area contributed by atoms with Crippen molar-refractivity contribution < 1.29 is 9.53 Å². The fraction of sp³-hybridized carbons (Fsp3) is 0.278. The van der Waals surface area contributed by atoms with Gasteiger partial charge in [-0.25, -0.2) is 0 Å². The largest absolute Gasteiger partial charge is 0.380 e. The SMILES string of the molecule is COCc1ccc(C(=O)N(C)Cc2ccc(SC)cc2)cc1. The third-order valence-corrected chi connectivity index (χ3v) is 4.18. The van der Waals surface area contributed by atoms with Crippen LogP contribution in [0.4, 0.5) is 0 Å². The standard InChI is InChI=1S/C18H21NO2S/c1-19(12-14-6-10-17(22-3)11-7-14)18(20)16-8-4-15(5-9-16)13-21-2/h4-11H,12-13H2,1-3H3. The Labute approximate surface area is 136 Å². The topological polar surface area (TPSA) is 29.5 Å². The first-order valence-electron chi connectivity index (χ1n) is 7.10. The zero-order valence-electron chi connectivity index (χ0n) is 13.2. The first-order chi connectivity index (χ1) is 10.6. The summed E-state index contributed by atoms with van der Waals surface area (Å²) in [7, 11) is 3.49. The smallest absolute Gasteiger partial charge is 0.253 e. The van der Waals surface area contributed by atoms with E-state index in [-0.39, 0.29) is 5.91 Å². The zero-order valence-corrected chi connectivity index (χ0v) is 14.0. The number of hydrogen-bond donors (Lipinski definition) is 0. The predicted molar refractivity (Wildman–Crippen MR) is 91.2 cm³/mol. The van der Waals surface area contributed by atoms with Crippen molar-refractivity contribution in [1.82, 2.24) is 4.90 Å². The molecule has 4 heteroatoms. The second-order valence-electron chi connectivity index (χ2n) is 5.14. The number of amides is 1. The molecule has 0 unspecified atom stereocenters. The van der Waals surface area contributed by atoms with Crippen LogP contribution in [0.15, 0.2) is 53.4 Å². The Kier molecular flexibility index (Phi) is 6.04. The Morgan fingerprint density at radius 1 is 1.05 bits per heavy atom. The first-order valence-corrected chi connectivity index (χ1v) is 8.33. The van der Waals surface area contributed by atoms with Crippen molar-refractivity contribution in [3.63, 3.8) is 0 Å². The lowest BCUT2D eigenvalue weighted by Gasteiger charge is -2.17. The van der Waals surface area contributed by atoms with Crippen LogP contribution < -0.4 is 0 Å². The van der Waals surface area contributed by atoms with Gasteiger partial charge in [-0.3, -0.25) is 4.79 Å². The minimum atomic E-state index is 0.0258. The number of rotatable bonds is 6. The highest BCUT2D eigenvalue weighted by atomic mass is 32.2. The molecule has 0 aliphatic carbocycles. The normalized spacial score (nSPS) is 10.5. The lowest BCUT2D eigenvalue weighted by molar-refractivity contribution is 0.0785. The van der Waals surface area contributed by atoms with Gasteiger partial charge in [0.05, 0.1) is 6.61 Å². The maximum atomic E-state index is 12.4. The van der Waals surface area contributed by atoms with Crippen LogP contribution in [0.5, 0.6) is 0 Å². The fourth-order valence-electron chi connectivity index (χ4n) is 2.21. The van der Waals surface area contributed by atoms with Crippen LogP contribution in [0, 0.1) is 0 Å². The Hall–Kier alpha value is -1.78. The molecule has 0 heterocycles. The average molecular weight is 315 g/mol. The molecule has 2 aromatic rings. The minimum absolute atomic E-state index is 0.0258. The highest BCUT2D eigenvalue weighted by Gasteiger charge is 2.12. The number of benzene rings is 2. The lowest BCUT2D eigenvalue weighted by Crippen LogP contribution is -2.26. The number of methoxy groups -OCH3 is 1. The fourth-order valence-corrected chi connectivity index (χ4v) is 2.62. The van der Waals surface area contributed by atoms with E-state index in [0.29, 0.717) is 18.7 Å². The van der Waals surface area contributed by atoms with Crippen LogP contribution in [-0.2, 0) is 17.9 Å². The molecule has 3 nitrogen and oxygen atoms in total. The highest BCUT2D eigenvalue weighted by molar-refractivity contribution is 7.98. The van der Waals surface area contributed by atoms with Gasteiger partial charge in [-0.15, -0.1) is 11.8 Å². The number of carbonyl (C=O) groups is 1. The predicted octanol–water partition coefficient (Wildman–Crippen LogP) is 3.83. The van der Waals surface area contributed by atoms with Crippen LogP contribution in [0.1, 0.15) is 21.5 Å². The Balaban J connectivity index is 2.01. The summed E-state index contributed by atoms with van der Waals surface area (Å²) in [6.07, 6.45) is 2.05. The van der Waals surface area contributed by atoms with Crippen molar-refractivity contribution in [3.05, 3.63) is 65.2 Å². The van der Waals surface area contributed by atoms with Crippen molar-refractivity contribution in [3.8, 4) is 0 Å². The molecule has 0 saturated carbocycles. The summed E-state index contributed by atoms with van der Waals surface area (Å²) in [5.74, 6) is 0.0258. The molecule has 0 bridgehead atoms. The zero-order chi connectivity index (χ0) is 15.9. The molecule has 0 atom stereocenters. The monoisotopic (exact) mass is 315 g/mol. The van der Waals surface area contributed by atoms with Gasteiger partial charge < -0.3 is 9.64 Å². The Morgan fingerprint density at radius 2 is 1.64 bits per heavy atom. The van der Waals surface area contributed by atoms with E-state index in [1.807, 2.05) is 31.3 Å². The van der Waals surface area contributed by atoms with Crippen LogP contribution in [0.25, 0.3) is 0 Å². The number of ether oxygens (including phenoxy) is 1. The quantitative estimate of drug-likeness (QED) is 0.759. The molecule has 22 heavy (non-hydrogen) atoms. The van der Waals surface area contributed by atoms with E-state index >= 15 is 0 Å². The van der Waals surface area contributed by atoms with Gasteiger partial charge in [0, 0.05) is 31.2 Å². The van der Waals surface area contributed by atoms with E-state index in [9.17, 15) is 4.79 Å². The average Bonchev–Trinajstić information content (AvgIpc) is 2.56. The van der Waals surface area contributed by atoms with E-state index in [1.54, 1.807) is 23.8 Å². The van der Waals surface area contributed by atoms with Crippen molar-refractivity contribution in [2.45, 2.75) is 18.0 Å². The van der Waals surface area contributed by atoms with E-state index in [4.69, 9.17) is 4.74 Å². The number of nitrogens with zero attached hydrogens (tertiary/aromatic N) is 1. The highest BCUT2D eigenvalue weighted by Crippen LogP contribution is 2.16. The molecular formula is C18H21NO2S. The molecule has 0 N–H and O–H groups in total. The molecule has 2 aromatic carbocycles. The Morgan fingerprint density at radius 3 is 2.18 bits per heavy atom. The van der Waals surface area contributed by atoms with Crippen molar-refractivity contribution in [1.29, 1.82) is 0 Å². The van der Waals surface area contributed by atoms with E-state index < -0.39 is 0 Å². The van der Waals surface area contributed by atoms with Crippen molar-refractivity contribution >= 4 is 17.7 Å². The van der Waals surface area contributed by atoms with Gasteiger partial charge >= 0.3 is 0 Å². The summed E-state index contributed by atoms with van der Waals surface area (Å²) in [5.41, 5.74) is 2.89. The minimum Gasteiger partial charge on any atom is -0.380 e. The third kappa shape index (κ3) is 4.36. The lowest BCUT2D eigenvalue weighted by atomic mass is 10.1. The van der Waals surface area contributed by atoms with Gasteiger partial charge in [-0.05, 0) is 41.6 Å². The van der Waals surface area contributed by atoms with Gasteiger partial charge in [0.1, 0.15) is 0 Å². The van der Waals surface area contributed by atoms with Gasteiger partial charge in [0.25, 0.3) is 5.91 Å². The molecule has 0 radical (unpaired) electrons. The number of thioether (sulfide) groups is 1. The van der Waals surface area contributed by atoms with E-state index in [2.05, 4.69) is 30.5 Å². The summed E-state index contributed by atoms with van der Waals surface area (Å²) in [4.78, 5) is 15.4.